The summed E-state index contributed by atoms with van der Waals surface area (Å²) in [7, 11) is 0. The molecular weight excluding hydrogens is 332 g/mol. The van der Waals surface area contributed by atoms with Gasteiger partial charge in [0.2, 0.25) is 0 Å². The minimum atomic E-state index is -0.993. The van der Waals surface area contributed by atoms with Crippen molar-refractivity contribution in [3.8, 4) is 11.5 Å². The molecule has 0 saturated carbocycles. The zero-order valence-corrected chi connectivity index (χ0v) is 16.6. The standard InChI is InChI=1S/C20H32N2O4/c1-6-22-11-10-21(14-20(22,4)5)13-16-8-9-17(18(12-16)25-7-2)26-15(3)19(23)24/h8-9,12,15H,6-7,10-11,13-14H2,1-5H3,(H,23,24). The van der Waals surface area contributed by atoms with Crippen LogP contribution >= 0.6 is 0 Å². The van der Waals surface area contributed by atoms with Crippen LogP contribution in [0.5, 0.6) is 11.5 Å². The molecule has 0 amide bonds. The Morgan fingerprint density at radius 2 is 2.00 bits per heavy atom. The molecule has 1 aliphatic rings. The van der Waals surface area contributed by atoms with Crippen LogP contribution in [0.25, 0.3) is 0 Å². The van der Waals surface area contributed by atoms with Gasteiger partial charge in [0.25, 0.3) is 0 Å². The first-order valence-corrected chi connectivity index (χ1v) is 9.39. The average Bonchev–Trinajstić information content (AvgIpc) is 2.56. The molecule has 6 heteroatoms. The van der Waals surface area contributed by atoms with E-state index in [1.165, 1.54) is 6.92 Å². The molecule has 1 aliphatic heterocycles. The number of nitrogens with zero attached hydrogens (tertiary/aromatic N) is 2. The average molecular weight is 364 g/mol. The summed E-state index contributed by atoms with van der Waals surface area (Å²) in [6.45, 7) is 15.8. The van der Waals surface area contributed by atoms with E-state index in [0.29, 0.717) is 18.1 Å². The number of ether oxygens (including phenoxy) is 2. The summed E-state index contributed by atoms with van der Waals surface area (Å²) in [4.78, 5) is 16.0. The fourth-order valence-corrected chi connectivity index (χ4v) is 3.53. The Bertz CT molecular complexity index is 618. The second-order valence-corrected chi connectivity index (χ2v) is 7.42. The van der Waals surface area contributed by atoms with Crippen molar-refractivity contribution in [2.24, 2.45) is 0 Å². The van der Waals surface area contributed by atoms with Crippen LogP contribution in [0.3, 0.4) is 0 Å². The highest BCUT2D eigenvalue weighted by molar-refractivity contribution is 5.72. The zero-order valence-electron chi connectivity index (χ0n) is 16.6. The molecule has 1 aromatic carbocycles. The third-order valence-electron chi connectivity index (χ3n) is 4.90. The van der Waals surface area contributed by atoms with E-state index in [1.54, 1.807) is 0 Å². The van der Waals surface area contributed by atoms with E-state index in [0.717, 1.165) is 38.3 Å². The fraction of sp³-hybridized carbons (Fsp3) is 0.650. The Hall–Kier alpha value is -1.79. The van der Waals surface area contributed by atoms with Gasteiger partial charge in [-0.3, -0.25) is 9.80 Å². The third-order valence-corrected chi connectivity index (χ3v) is 4.90. The van der Waals surface area contributed by atoms with Crippen LogP contribution in [0.2, 0.25) is 0 Å². The van der Waals surface area contributed by atoms with E-state index < -0.39 is 12.1 Å². The normalized spacial score (nSPS) is 19.1. The lowest BCUT2D eigenvalue weighted by Gasteiger charge is -2.47. The molecule has 1 N–H and O–H groups in total. The lowest BCUT2D eigenvalue weighted by Crippen LogP contribution is -2.58. The number of piperazine rings is 1. The zero-order chi connectivity index (χ0) is 19.3. The van der Waals surface area contributed by atoms with Gasteiger partial charge in [-0.15, -0.1) is 0 Å². The number of benzene rings is 1. The summed E-state index contributed by atoms with van der Waals surface area (Å²) in [5.74, 6) is 0.0822. The molecule has 1 heterocycles. The Morgan fingerprint density at radius 3 is 2.58 bits per heavy atom. The fourth-order valence-electron chi connectivity index (χ4n) is 3.53. The predicted molar refractivity (Wildman–Crippen MR) is 102 cm³/mol. The minimum Gasteiger partial charge on any atom is -0.490 e. The first-order chi connectivity index (χ1) is 12.3. The van der Waals surface area contributed by atoms with Gasteiger partial charge < -0.3 is 14.6 Å². The second-order valence-electron chi connectivity index (χ2n) is 7.42. The molecule has 1 atom stereocenters. The van der Waals surface area contributed by atoms with Crippen LogP contribution in [-0.4, -0.2) is 65.3 Å². The van der Waals surface area contributed by atoms with Crippen molar-refractivity contribution >= 4 is 5.97 Å². The molecule has 0 spiro atoms. The number of carboxylic acids is 1. The molecule has 1 saturated heterocycles. The molecule has 6 nitrogen and oxygen atoms in total. The largest absolute Gasteiger partial charge is 0.490 e. The molecule has 1 fully saturated rings. The van der Waals surface area contributed by atoms with Gasteiger partial charge in [0.05, 0.1) is 6.61 Å². The summed E-state index contributed by atoms with van der Waals surface area (Å²) < 4.78 is 11.2. The van der Waals surface area contributed by atoms with Gasteiger partial charge in [0.15, 0.2) is 17.6 Å². The minimum absolute atomic E-state index is 0.162. The maximum atomic E-state index is 11.0. The lowest BCUT2D eigenvalue weighted by molar-refractivity contribution is -0.144. The number of carbonyl (C=O) groups is 1. The molecule has 0 aromatic heterocycles. The van der Waals surface area contributed by atoms with Crippen molar-refractivity contribution in [2.75, 3.05) is 32.8 Å². The quantitative estimate of drug-likeness (QED) is 0.765. The first kappa shape index (κ1) is 20.5. The highest BCUT2D eigenvalue weighted by Gasteiger charge is 2.32. The Kier molecular flexibility index (Phi) is 6.89. The number of hydrogen-bond donors (Lipinski definition) is 1. The molecule has 0 bridgehead atoms. The molecule has 1 aromatic rings. The number of aliphatic carboxylic acids is 1. The van der Waals surface area contributed by atoms with Crippen LogP contribution < -0.4 is 9.47 Å². The molecule has 0 radical (unpaired) electrons. The van der Waals surface area contributed by atoms with Crippen LogP contribution in [0.1, 0.15) is 40.2 Å². The van der Waals surface area contributed by atoms with Crippen LogP contribution in [0, 0.1) is 0 Å². The van der Waals surface area contributed by atoms with E-state index in [9.17, 15) is 4.79 Å². The molecular formula is C20H32N2O4. The molecule has 26 heavy (non-hydrogen) atoms. The van der Waals surface area contributed by atoms with Crippen molar-refractivity contribution < 1.29 is 19.4 Å². The number of likely N-dealkylation sites (N-methyl/N-ethyl adjacent to an activating group) is 1. The van der Waals surface area contributed by atoms with Gasteiger partial charge in [0, 0.05) is 31.7 Å². The third kappa shape index (κ3) is 5.11. The summed E-state index contributed by atoms with van der Waals surface area (Å²) in [5.41, 5.74) is 1.31. The van der Waals surface area contributed by atoms with Crippen LogP contribution in [0.15, 0.2) is 18.2 Å². The maximum Gasteiger partial charge on any atom is 0.344 e. The predicted octanol–water partition coefficient (Wildman–Crippen LogP) is 2.85. The summed E-state index contributed by atoms with van der Waals surface area (Å²) in [6, 6.07) is 5.77. The molecule has 146 valence electrons. The maximum absolute atomic E-state index is 11.0. The van der Waals surface area contributed by atoms with Crippen molar-refractivity contribution in [3.05, 3.63) is 23.8 Å². The monoisotopic (exact) mass is 364 g/mol. The van der Waals surface area contributed by atoms with Gasteiger partial charge in [-0.2, -0.15) is 0 Å². The van der Waals surface area contributed by atoms with Crippen molar-refractivity contribution in [3.63, 3.8) is 0 Å². The lowest BCUT2D eigenvalue weighted by atomic mass is 9.98. The van der Waals surface area contributed by atoms with E-state index in [-0.39, 0.29) is 5.54 Å². The van der Waals surface area contributed by atoms with Gasteiger partial charge in [-0.05, 0) is 51.9 Å². The SMILES string of the molecule is CCOc1cc(CN2CCN(CC)C(C)(C)C2)ccc1OC(C)C(=O)O. The van der Waals surface area contributed by atoms with Gasteiger partial charge in [0.1, 0.15) is 0 Å². The summed E-state index contributed by atoms with van der Waals surface area (Å²) in [6.07, 6.45) is -0.914. The van der Waals surface area contributed by atoms with Crippen LogP contribution in [0.4, 0.5) is 0 Å². The Balaban J connectivity index is 2.10. The van der Waals surface area contributed by atoms with Crippen molar-refractivity contribution in [2.45, 2.75) is 52.8 Å². The molecule has 0 aliphatic carbocycles. The Morgan fingerprint density at radius 1 is 1.27 bits per heavy atom. The van der Waals surface area contributed by atoms with Gasteiger partial charge in [-0.25, -0.2) is 4.79 Å². The highest BCUT2D eigenvalue weighted by Crippen LogP contribution is 2.31. The number of carboxylic acid groups (broad SMARTS) is 1. The second kappa shape index (κ2) is 8.73. The van der Waals surface area contributed by atoms with Gasteiger partial charge >= 0.3 is 5.97 Å². The van der Waals surface area contributed by atoms with E-state index in [4.69, 9.17) is 14.6 Å². The number of rotatable bonds is 8. The highest BCUT2D eigenvalue weighted by atomic mass is 16.5. The first-order valence-electron chi connectivity index (χ1n) is 9.39. The topological polar surface area (TPSA) is 62.2 Å². The number of hydrogen-bond acceptors (Lipinski definition) is 5. The summed E-state index contributed by atoms with van der Waals surface area (Å²) >= 11 is 0. The Labute approximate surface area is 156 Å². The van der Waals surface area contributed by atoms with Gasteiger partial charge in [-0.1, -0.05) is 13.0 Å². The van der Waals surface area contributed by atoms with E-state index in [2.05, 4.69) is 30.6 Å². The molecule has 2 rings (SSSR count). The molecule has 1 unspecified atom stereocenters. The smallest absolute Gasteiger partial charge is 0.344 e. The van der Waals surface area contributed by atoms with Crippen molar-refractivity contribution in [1.82, 2.24) is 9.80 Å². The van der Waals surface area contributed by atoms with Crippen molar-refractivity contribution in [1.29, 1.82) is 0 Å². The summed E-state index contributed by atoms with van der Waals surface area (Å²) in [5, 5.41) is 9.05. The van der Waals surface area contributed by atoms with E-state index in [1.807, 2.05) is 25.1 Å². The van der Waals surface area contributed by atoms with Crippen LogP contribution in [-0.2, 0) is 11.3 Å². The van der Waals surface area contributed by atoms with E-state index >= 15 is 0 Å².